The Kier molecular flexibility index (Phi) is 5.40. The van der Waals surface area contributed by atoms with Gasteiger partial charge in [0.05, 0.1) is 24.7 Å². The van der Waals surface area contributed by atoms with Gasteiger partial charge in [0, 0.05) is 17.1 Å². The molecule has 0 saturated carbocycles. The lowest BCUT2D eigenvalue weighted by Gasteiger charge is -2.34. The minimum absolute atomic E-state index is 0.0112. The molecule has 6 heteroatoms. The third-order valence-electron chi connectivity index (χ3n) is 5.76. The highest BCUT2D eigenvalue weighted by molar-refractivity contribution is 6.35. The zero-order valence-electron chi connectivity index (χ0n) is 16.2. The summed E-state index contributed by atoms with van der Waals surface area (Å²) in [5.41, 5.74) is 2.52. The van der Waals surface area contributed by atoms with Crippen LogP contribution in [-0.2, 0) is 0 Å². The lowest BCUT2D eigenvalue weighted by molar-refractivity contribution is -1.02. The van der Waals surface area contributed by atoms with Gasteiger partial charge in [-0.15, -0.1) is 0 Å². The lowest BCUT2D eigenvalue weighted by atomic mass is 9.94. The summed E-state index contributed by atoms with van der Waals surface area (Å²) in [7, 11) is 3.90. The van der Waals surface area contributed by atoms with Gasteiger partial charge in [0.15, 0.2) is 5.75 Å². The van der Waals surface area contributed by atoms with Gasteiger partial charge in [-0.1, -0.05) is 11.6 Å². The number of aromatic hydroxyl groups is 1. The van der Waals surface area contributed by atoms with Gasteiger partial charge in [-0.05, 0) is 42.5 Å². The number of piperazine rings is 1. The van der Waals surface area contributed by atoms with Crippen LogP contribution in [0.5, 0.6) is 11.5 Å². The number of hydrogen-bond donors (Lipinski definition) is 3. The third-order valence-corrected chi connectivity index (χ3v) is 6.07. The quantitative estimate of drug-likeness (QED) is 0.616. The molecule has 4 rings (SSSR count). The largest absolute Gasteiger partial charge is 0.505 e. The molecule has 1 unspecified atom stereocenters. The molecule has 3 aromatic rings. The molecular weight excluding hydrogens is 374 g/mol. The van der Waals surface area contributed by atoms with E-state index in [1.807, 2.05) is 30.3 Å². The first kappa shape index (κ1) is 19.0. The highest BCUT2D eigenvalue weighted by Crippen LogP contribution is 2.37. The van der Waals surface area contributed by atoms with Crippen molar-refractivity contribution in [1.82, 2.24) is 4.98 Å². The summed E-state index contributed by atoms with van der Waals surface area (Å²) in [5.74, 6) is 1.04. The lowest BCUT2D eigenvalue weighted by Crippen LogP contribution is -3.27. The van der Waals surface area contributed by atoms with Gasteiger partial charge >= 0.3 is 0 Å². The molecular formula is C22H26ClN3O2+2. The number of nitrogens with zero attached hydrogens (tertiary/aromatic N) is 1. The molecule has 1 atom stereocenters. The van der Waals surface area contributed by atoms with Crippen molar-refractivity contribution in [3.8, 4) is 11.5 Å². The zero-order valence-corrected chi connectivity index (χ0v) is 17.0. The number of benzene rings is 2. The van der Waals surface area contributed by atoms with Crippen LogP contribution in [0.15, 0.2) is 48.7 Å². The molecule has 1 aromatic heterocycles. The van der Waals surface area contributed by atoms with Gasteiger partial charge < -0.3 is 19.6 Å². The topological polar surface area (TPSA) is 51.2 Å². The summed E-state index contributed by atoms with van der Waals surface area (Å²) in [6.45, 7) is 4.25. The standard InChI is InChI=1S/C22H24ClN3O2/c1-25-10-12-26(13-11-25)21(15-5-7-16(28-2)8-6-15)18-14-19(23)17-4-3-9-24-20(17)22(18)27/h3-9,14,21,27H,10-13H2,1-2H3/p+2. The van der Waals surface area contributed by atoms with E-state index in [2.05, 4.69) is 24.2 Å². The Balaban J connectivity index is 1.85. The van der Waals surface area contributed by atoms with E-state index in [1.54, 1.807) is 18.2 Å². The average Bonchev–Trinajstić information content (AvgIpc) is 2.73. The van der Waals surface area contributed by atoms with E-state index in [1.165, 1.54) is 4.90 Å². The van der Waals surface area contributed by atoms with Gasteiger partial charge in [0.25, 0.3) is 0 Å². The van der Waals surface area contributed by atoms with Crippen molar-refractivity contribution in [3.05, 3.63) is 64.8 Å². The van der Waals surface area contributed by atoms with E-state index in [0.717, 1.165) is 48.4 Å². The van der Waals surface area contributed by atoms with Crippen LogP contribution < -0.4 is 14.5 Å². The minimum Gasteiger partial charge on any atom is -0.505 e. The maximum absolute atomic E-state index is 11.1. The monoisotopic (exact) mass is 399 g/mol. The molecule has 0 radical (unpaired) electrons. The Morgan fingerprint density at radius 3 is 2.50 bits per heavy atom. The number of likely N-dealkylation sites (N-methyl/N-ethyl adjacent to an activating group) is 1. The van der Waals surface area contributed by atoms with Crippen LogP contribution in [0.3, 0.4) is 0 Å². The highest BCUT2D eigenvalue weighted by atomic mass is 35.5. The summed E-state index contributed by atoms with van der Waals surface area (Å²) >= 11 is 6.59. The Morgan fingerprint density at radius 2 is 1.82 bits per heavy atom. The van der Waals surface area contributed by atoms with E-state index in [4.69, 9.17) is 16.3 Å². The molecule has 2 heterocycles. The zero-order chi connectivity index (χ0) is 19.7. The van der Waals surface area contributed by atoms with Crippen LogP contribution in [0.4, 0.5) is 0 Å². The number of quaternary nitrogens is 2. The number of fused-ring (bicyclic) bond motifs is 1. The van der Waals surface area contributed by atoms with Crippen LogP contribution >= 0.6 is 11.6 Å². The van der Waals surface area contributed by atoms with Gasteiger partial charge in [-0.25, -0.2) is 0 Å². The Morgan fingerprint density at radius 1 is 1.11 bits per heavy atom. The van der Waals surface area contributed by atoms with Crippen molar-refractivity contribution in [3.63, 3.8) is 0 Å². The minimum atomic E-state index is -0.0112. The molecule has 1 fully saturated rings. The highest BCUT2D eigenvalue weighted by Gasteiger charge is 2.33. The molecule has 5 nitrogen and oxygen atoms in total. The van der Waals surface area contributed by atoms with E-state index in [9.17, 15) is 5.11 Å². The number of ether oxygens (including phenoxy) is 1. The molecule has 0 aliphatic carbocycles. The average molecular weight is 400 g/mol. The molecule has 0 bridgehead atoms. The number of pyridine rings is 1. The molecule has 146 valence electrons. The number of rotatable bonds is 4. The number of methoxy groups -OCH3 is 1. The molecule has 0 spiro atoms. The summed E-state index contributed by atoms with van der Waals surface area (Å²) in [6, 6.07) is 13.7. The first-order chi connectivity index (χ1) is 13.6. The fourth-order valence-corrected chi connectivity index (χ4v) is 4.41. The Bertz CT molecular complexity index is 969. The first-order valence-electron chi connectivity index (χ1n) is 9.64. The maximum atomic E-state index is 11.1. The van der Waals surface area contributed by atoms with Crippen LogP contribution in [0.1, 0.15) is 17.2 Å². The number of hydrogen-bond acceptors (Lipinski definition) is 3. The van der Waals surface area contributed by atoms with Crippen molar-refractivity contribution in [2.24, 2.45) is 0 Å². The van der Waals surface area contributed by atoms with E-state index in [0.29, 0.717) is 10.5 Å². The molecule has 1 saturated heterocycles. The fraction of sp³-hybridized carbons (Fsp3) is 0.318. The predicted molar refractivity (Wildman–Crippen MR) is 111 cm³/mol. The van der Waals surface area contributed by atoms with Crippen molar-refractivity contribution < 1.29 is 19.6 Å². The van der Waals surface area contributed by atoms with Gasteiger partial charge in [-0.3, -0.25) is 4.98 Å². The summed E-state index contributed by atoms with van der Waals surface area (Å²) in [6.07, 6.45) is 1.69. The summed E-state index contributed by atoms with van der Waals surface area (Å²) in [5, 5.41) is 12.5. The van der Waals surface area contributed by atoms with E-state index in [-0.39, 0.29) is 11.8 Å². The fourth-order valence-electron chi connectivity index (χ4n) is 4.14. The van der Waals surface area contributed by atoms with Gasteiger partial charge in [0.2, 0.25) is 0 Å². The van der Waals surface area contributed by atoms with Crippen LogP contribution in [0.2, 0.25) is 5.02 Å². The maximum Gasteiger partial charge on any atom is 0.151 e. The van der Waals surface area contributed by atoms with Crippen LogP contribution in [0.25, 0.3) is 10.9 Å². The number of aromatic nitrogens is 1. The first-order valence-corrected chi connectivity index (χ1v) is 10.0. The molecule has 1 aliphatic heterocycles. The number of halogens is 1. The smallest absolute Gasteiger partial charge is 0.151 e. The summed E-state index contributed by atoms with van der Waals surface area (Å²) in [4.78, 5) is 7.36. The third kappa shape index (κ3) is 3.53. The Hall–Kier alpha value is -2.34. The second-order valence-electron chi connectivity index (χ2n) is 7.52. The van der Waals surface area contributed by atoms with Crippen molar-refractivity contribution in [1.29, 1.82) is 0 Å². The van der Waals surface area contributed by atoms with E-state index < -0.39 is 0 Å². The predicted octanol–water partition coefficient (Wildman–Crippen LogP) is 1.10. The van der Waals surface area contributed by atoms with Crippen LogP contribution in [-0.4, -0.2) is 50.4 Å². The normalized spacial score (nSPS) is 20.8. The molecule has 28 heavy (non-hydrogen) atoms. The van der Waals surface area contributed by atoms with Gasteiger partial charge in [-0.2, -0.15) is 0 Å². The number of nitrogens with one attached hydrogen (secondary N) is 2. The molecule has 0 amide bonds. The van der Waals surface area contributed by atoms with Crippen molar-refractivity contribution in [2.75, 3.05) is 40.3 Å². The SMILES string of the molecule is COc1ccc(C(c2cc(Cl)c3cccnc3c2O)[NH+]2CC[NH+](C)CC2)cc1. The number of phenolic OH excluding ortho intramolecular Hbond substituents is 1. The second kappa shape index (κ2) is 7.95. The van der Waals surface area contributed by atoms with E-state index >= 15 is 0 Å². The number of phenols is 1. The summed E-state index contributed by atoms with van der Waals surface area (Å²) < 4.78 is 5.32. The molecule has 2 aromatic carbocycles. The van der Waals surface area contributed by atoms with Crippen molar-refractivity contribution >= 4 is 22.5 Å². The van der Waals surface area contributed by atoms with Gasteiger partial charge in [0.1, 0.15) is 43.5 Å². The molecule has 1 aliphatic rings. The molecule has 3 N–H and O–H groups in total. The van der Waals surface area contributed by atoms with Crippen molar-refractivity contribution in [2.45, 2.75) is 6.04 Å². The second-order valence-corrected chi connectivity index (χ2v) is 7.92. The Labute approximate surface area is 170 Å². The van der Waals surface area contributed by atoms with Crippen LogP contribution in [0, 0.1) is 0 Å².